The van der Waals surface area contributed by atoms with Crippen LogP contribution in [0, 0.1) is 5.92 Å². The Morgan fingerprint density at radius 2 is 2.03 bits per heavy atom. The lowest BCUT2D eigenvalue weighted by Gasteiger charge is -2.17. The van der Waals surface area contributed by atoms with Gasteiger partial charge in [0.05, 0.1) is 23.0 Å². The van der Waals surface area contributed by atoms with Crippen LogP contribution in [0.4, 0.5) is 0 Å². The van der Waals surface area contributed by atoms with Gasteiger partial charge in [-0.15, -0.1) is 11.3 Å². The van der Waals surface area contributed by atoms with E-state index in [9.17, 15) is 14.7 Å². The smallest absolute Gasteiger partial charge is 0.267 e. The quantitative estimate of drug-likeness (QED) is 0.174. The number of amides is 1. The number of rotatable bonds is 6. The van der Waals surface area contributed by atoms with Gasteiger partial charge in [-0.3, -0.25) is 14.2 Å². The maximum atomic E-state index is 13.7. The van der Waals surface area contributed by atoms with Crippen LogP contribution < -0.4 is 11.0 Å². The highest BCUT2D eigenvalue weighted by molar-refractivity contribution is 7.99. The number of para-hydroxylation sites is 1. The molecule has 178 valence electrons. The number of nitrogens with one attached hydrogen (secondary N) is 1. The molecule has 0 radical (unpaired) electrons. The molecular weight excluding hydrogens is 480 g/mol. The van der Waals surface area contributed by atoms with Gasteiger partial charge in [-0.05, 0) is 72.7 Å². The van der Waals surface area contributed by atoms with Crippen molar-refractivity contribution in [2.24, 2.45) is 11.0 Å². The standard InChI is InChI=1S/C26H24N4O3S2/c1-16-7-12-20-21(13-16)35-24-23(20)25(33)30(18-5-3-2-4-6-18)26(28-24)34-15-22(32)29-27-14-17-8-10-19(31)11-9-17/h2-6,8-11,14,16,31H,7,12-13,15H2,1H3,(H,29,32)/b27-14+. The zero-order valence-electron chi connectivity index (χ0n) is 19.1. The Hall–Kier alpha value is -3.43. The number of hydrogen-bond donors (Lipinski definition) is 2. The molecule has 1 aliphatic rings. The number of fused-ring (bicyclic) bond motifs is 3. The second-order valence-electron chi connectivity index (χ2n) is 8.58. The number of carbonyl (C=O) groups is 1. The summed E-state index contributed by atoms with van der Waals surface area (Å²) in [5, 5.41) is 14.5. The van der Waals surface area contributed by atoms with Crippen LogP contribution in [-0.2, 0) is 17.6 Å². The highest BCUT2D eigenvalue weighted by Gasteiger charge is 2.25. The first kappa shape index (κ1) is 23.3. The van der Waals surface area contributed by atoms with Crippen LogP contribution in [0.5, 0.6) is 5.75 Å². The Kier molecular flexibility index (Phi) is 6.70. The average molecular weight is 505 g/mol. The Balaban J connectivity index is 1.42. The second kappa shape index (κ2) is 10.1. The third kappa shape index (κ3) is 5.01. The van der Waals surface area contributed by atoms with Gasteiger partial charge in [0.15, 0.2) is 5.16 Å². The maximum absolute atomic E-state index is 13.7. The van der Waals surface area contributed by atoms with E-state index in [-0.39, 0.29) is 23.0 Å². The van der Waals surface area contributed by atoms with E-state index in [0.717, 1.165) is 40.9 Å². The van der Waals surface area contributed by atoms with E-state index in [0.29, 0.717) is 16.5 Å². The summed E-state index contributed by atoms with van der Waals surface area (Å²) in [6.07, 6.45) is 4.45. The zero-order chi connectivity index (χ0) is 24.4. The highest BCUT2D eigenvalue weighted by atomic mass is 32.2. The van der Waals surface area contributed by atoms with Gasteiger partial charge in [0, 0.05) is 4.88 Å². The molecule has 2 aromatic heterocycles. The first-order valence-electron chi connectivity index (χ1n) is 11.4. The Morgan fingerprint density at radius 3 is 2.80 bits per heavy atom. The van der Waals surface area contributed by atoms with Crippen LogP contribution in [0.15, 0.2) is 69.6 Å². The number of benzene rings is 2. The minimum absolute atomic E-state index is 0.0554. The van der Waals surface area contributed by atoms with Gasteiger partial charge in [-0.2, -0.15) is 5.10 Å². The summed E-state index contributed by atoms with van der Waals surface area (Å²) in [6.45, 7) is 2.24. The maximum Gasteiger partial charge on any atom is 0.267 e. The molecule has 0 bridgehead atoms. The number of phenolic OH excluding ortho intramolecular Hbond substituents is 1. The Labute approximate surface area is 210 Å². The average Bonchev–Trinajstić information content (AvgIpc) is 3.22. The molecule has 0 aliphatic heterocycles. The fourth-order valence-electron chi connectivity index (χ4n) is 4.17. The Morgan fingerprint density at radius 1 is 1.26 bits per heavy atom. The fourth-order valence-corrected chi connectivity index (χ4v) is 6.40. The van der Waals surface area contributed by atoms with Crippen molar-refractivity contribution in [3.8, 4) is 11.4 Å². The summed E-state index contributed by atoms with van der Waals surface area (Å²) in [5.41, 5.74) is 5.04. The highest BCUT2D eigenvalue weighted by Crippen LogP contribution is 2.37. The summed E-state index contributed by atoms with van der Waals surface area (Å²) in [6, 6.07) is 15.9. The summed E-state index contributed by atoms with van der Waals surface area (Å²) >= 11 is 2.82. The van der Waals surface area contributed by atoms with Crippen molar-refractivity contribution in [1.29, 1.82) is 0 Å². The van der Waals surface area contributed by atoms with E-state index in [2.05, 4.69) is 17.5 Å². The number of thioether (sulfide) groups is 1. The van der Waals surface area contributed by atoms with E-state index >= 15 is 0 Å². The third-order valence-electron chi connectivity index (χ3n) is 5.94. The number of hydrazone groups is 1. The molecule has 1 aliphatic carbocycles. The van der Waals surface area contributed by atoms with Gasteiger partial charge in [0.2, 0.25) is 0 Å². The molecule has 1 amide bonds. The molecule has 4 aromatic rings. The molecule has 0 saturated carbocycles. The normalized spacial score (nSPS) is 15.4. The molecule has 0 saturated heterocycles. The first-order valence-corrected chi connectivity index (χ1v) is 13.2. The number of aryl methyl sites for hydroxylation is 1. The van der Waals surface area contributed by atoms with Crippen LogP contribution in [0.3, 0.4) is 0 Å². The molecular formula is C26H24N4O3S2. The Bertz CT molecular complexity index is 1460. The lowest BCUT2D eigenvalue weighted by Crippen LogP contribution is -2.24. The van der Waals surface area contributed by atoms with E-state index in [4.69, 9.17) is 4.98 Å². The SMILES string of the molecule is CC1CCc2c(sc3nc(SCC(=O)N/N=C/c4ccc(O)cc4)n(-c4ccccc4)c(=O)c23)C1. The summed E-state index contributed by atoms with van der Waals surface area (Å²) in [5.74, 6) is 0.516. The van der Waals surface area contributed by atoms with Gasteiger partial charge >= 0.3 is 0 Å². The first-order chi connectivity index (χ1) is 17.0. The van der Waals surface area contributed by atoms with Crippen LogP contribution in [0.2, 0.25) is 0 Å². The summed E-state index contributed by atoms with van der Waals surface area (Å²) in [7, 11) is 0. The molecule has 5 rings (SSSR count). The van der Waals surface area contributed by atoms with Crippen molar-refractivity contribution < 1.29 is 9.90 Å². The van der Waals surface area contributed by atoms with E-state index in [1.165, 1.54) is 22.9 Å². The molecule has 35 heavy (non-hydrogen) atoms. The van der Waals surface area contributed by atoms with Crippen LogP contribution in [0.25, 0.3) is 15.9 Å². The van der Waals surface area contributed by atoms with Crippen molar-refractivity contribution in [2.45, 2.75) is 31.3 Å². The monoisotopic (exact) mass is 504 g/mol. The van der Waals surface area contributed by atoms with Crippen molar-refractivity contribution in [2.75, 3.05) is 5.75 Å². The number of aromatic nitrogens is 2. The molecule has 0 spiro atoms. The lowest BCUT2D eigenvalue weighted by molar-refractivity contribution is -0.118. The molecule has 1 atom stereocenters. The van der Waals surface area contributed by atoms with E-state index in [1.807, 2.05) is 30.3 Å². The molecule has 2 aromatic carbocycles. The predicted octanol–water partition coefficient (Wildman–Crippen LogP) is 4.52. The number of carbonyl (C=O) groups excluding carboxylic acids is 1. The number of hydrogen-bond acceptors (Lipinski definition) is 7. The zero-order valence-corrected chi connectivity index (χ0v) is 20.7. The van der Waals surface area contributed by atoms with Crippen molar-refractivity contribution >= 4 is 45.4 Å². The topological polar surface area (TPSA) is 96.6 Å². The molecule has 1 unspecified atom stereocenters. The molecule has 2 N–H and O–H groups in total. The van der Waals surface area contributed by atoms with Crippen LogP contribution >= 0.6 is 23.1 Å². The molecule has 0 fully saturated rings. The van der Waals surface area contributed by atoms with E-state index < -0.39 is 0 Å². The third-order valence-corrected chi connectivity index (χ3v) is 8.03. The van der Waals surface area contributed by atoms with Crippen molar-refractivity contribution in [3.63, 3.8) is 0 Å². The van der Waals surface area contributed by atoms with Gasteiger partial charge in [-0.25, -0.2) is 10.4 Å². The molecule has 9 heteroatoms. The van der Waals surface area contributed by atoms with Gasteiger partial charge < -0.3 is 5.11 Å². The fraction of sp³-hybridized carbons (Fsp3) is 0.231. The lowest BCUT2D eigenvalue weighted by atomic mass is 9.89. The van der Waals surface area contributed by atoms with Crippen molar-refractivity contribution in [1.82, 2.24) is 15.0 Å². The largest absolute Gasteiger partial charge is 0.508 e. The van der Waals surface area contributed by atoms with Gasteiger partial charge in [0.1, 0.15) is 10.6 Å². The number of aromatic hydroxyl groups is 1. The van der Waals surface area contributed by atoms with Gasteiger partial charge in [-0.1, -0.05) is 36.9 Å². The number of nitrogens with zero attached hydrogens (tertiary/aromatic N) is 3. The summed E-state index contributed by atoms with van der Waals surface area (Å²) < 4.78 is 1.62. The molecule has 2 heterocycles. The van der Waals surface area contributed by atoms with Crippen LogP contribution in [0.1, 0.15) is 29.3 Å². The minimum Gasteiger partial charge on any atom is -0.508 e. The van der Waals surface area contributed by atoms with Gasteiger partial charge in [0.25, 0.3) is 11.5 Å². The van der Waals surface area contributed by atoms with Crippen LogP contribution in [-0.4, -0.2) is 32.5 Å². The van der Waals surface area contributed by atoms with Crippen molar-refractivity contribution in [3.05, 3.63) is 81.0 Å². The second-order valence-corrected chi connectivity index (χ2v) is 10.6. The van der Waals surface area contributed by atoms with E-state index in [1.54, 1.807) is 40.2 Å². The molecule has 7 nitrogen and oxygen atoms in total. The predicted molar refractivity (Wildman–Crippen MR) is 141 cm³/mol. The number of phenols is 1. The summed E-state index contributed by atoms with van der Waals surface area (Å²) in [4.78, 5) is 33.0. The minimum atomic E-state index is -0.307. The number of thiophene rings is 1.